The third-order valence-corrected chi connectivity index (χ3v) is 4.77. The zero-order chi connectivity index (χ0) is 24.2. The predicted molar refractivity (Wildman–Crippen MR) is 113 cm³/mol. The molecule has 0 atom stereocenters. The minimum atomic E-state index is -1.11. The first-order chi connectivity index (χ1) is 16.3. The molecule has 4 rings (SSSR count). The molecule has 0 amide bonds. The molecule has 0 bridgehead atoms. The van der Waals surface area contributed by atoms with Crippen molar-refractivity contribution in [1.29, 1.82) is 0 Å². The number of aryl methyl sites for hydroxylation is 1. The van der Waals surface area contributed by atoms with E-state index >= 15 is 0 Å². The first kappa shape index (κ1) is 23.0. The highest BCUT2D eigenvalue weighted by Gasteiger charge is 2.12. The molecule has 11 heteroatoms. The van der Waals surface area contributed by atoms with Crippen molar-refractivity contribution in [3.63, 3.8) is 0 Å². The lowest BCUT2D eigenvalue weighted by Gasteiger charge is -2.10. The Bertz CT molecular complexity index is 1390. The van der Waals surface area contributed by atoms with Gasteiger partial charge in [0, 0.05) is 31.3 Å². The minimum absolute atomic E-state index is 0.0614. The van der Waals surface area contributed by atoms with Crippen molar-refractivity contribution in [1.82, 2.24) is 19.3 Å². The van der Waals surface area contributed by atoms with Crippen molar-refractivity contribution in [3.05, 3.63) is 99.9 Å². The molecular weight excluding hydrogens is 456 g/mol. The van der Waals surface area contributed by atoms with Crippen LogP contribution >= 0.6 is 0 Å². The van der Waals surface area contributed by atoms with Crippen molar-refractivity contribution in [2.45, 2.75) is 13.0 Å². The summed E-state index contributed by atoms with van der Waals surface area (Å²) in [6, 6.07) is 6.89. The molecule has 2 aromatic carbocycles. The lowest BCUT2D eigenvalue weighted by molar-refractivity contribution is 0.287. The van der Waals surface area contributed by atoms with Crippen molar-refractivity contribution >= 4 is 0 Å². The van der Waals surface area contributed by atoms with Gasteiger partial charge in [0.2, 0.25) is 5.82 Å². The molecule has 7 nitrogen and oxygen atoms in total. The fraction of sp³-hybridized carbons (Fsp3) is 0.174. The molecule has 2 aromatic heterocycles. The van der Waals surface area contributed by atoms with Gasteiger partial charge in [-0.25, -0.2) is 18.0 Å². The van der Waals surface area contributed by atoms with Crippen LogP contribution in [0.2, 0.25) is 0 Å². The molecule has 0 saturated carbocycles. The summed E-state index contributed by atoms with van der Waals surface area (Å²) in [5.74, 6) is -4.40. The maximum absolute atomic E-state index is 14.4. The lowest BCUT2D eigenvalue weighted by atomic mass is 10.1. The van der Waals surface area contributed by atoms with Gasteiger partial charge in [-0.05, 0) is 29.8 Å². The largest absolute Gasteiger partial charge is 0.475 e. The van der Waals surface area contributed by atoms with Gasteiger partial charge in [-0.2, -0.15) is 14.5 Å². The fourth-order valence-corrected chi connectivity index (χ4v) is 3.13. The maximum atomic E-state index is 14.4. The van der Waals surface area contributed by atoms with E-state index in [1.54, 1.807) is 24.1 Å². The molecule has 34 heavy (non-hydrogen) atoms. The van der Waals surface area contributed by atoms with Gasteiger partial charge in [0.15, 0.2) is 23.2 Å². The van der Waals surface area contributed by atoms with Crippen molar-refractivity contribution < 1.29 is 27.0 Å². The van der Waals surface area contributed by atoms with Crippen LogP contribution in [0.3, 0.4) is 0 Å². The van der Waals surface area contributed by atoms with Gasteiger partial charge in [-0.1, -0.05) is 6.07 Å². The van der Waals surface area contributed by atoms with Crippen LogP contribution in [-0.4, -0.2) is 25.9 Å². The Morgan fingerprint density at radius 1 is 0.912 bits per heavy atom. The summed E-state index contributed by atoms with van der Waals surface area (Å²) in [6.07, 6.45) is 4.44. The van der Waals surface area contributed by atoms with Crippen LogP contribution in [-0.2, 0) is 20.0 Å². The molecule has 0 saturated heterocycles. The van der Waals surface area contributed by atoms with E-state index < -0.39 is 34.8 Å². The van der Waals surface area contributed by atoms with Crippen LogP contribution < -0.4 is 15.2 Å². The molecule has 0 fully saturated rings. The van der Waals surface area contributed by atoms with E-state index in [-0.39, 0.29) is 31.1 Å². The minimum Gasteiger partial charge on any atom is -0.475 e. The second-order valence-corrected chi connectivity index (χ2v) is 7.37. The number of rotatable bonds is 8. The highest BCUT2D eigenvalue weighted by molar-refractivity contribution is 5.35. The van der Waals surface area contributed by atoms with Gasteiger partial charge in [-0.15, -0.1) is 0 Å². The molecule has 4 aromatic rings. The van der Waals surface area contributed by atoms with Crippen LogP contribution in [0.4, 0.5) is 17.6 Å². The zero-order valence-corrected chi connectivity index (χ0v) is 17.8. The van der Waals surface area contributed by atoms with Crippen LogP contribution in [0.25, 0.3) is 0 Å². The molecule has 0 N–H and O–H groups in total. The zero-order valence-electron chi connectivity index (χ0n) is 17.8. The Morgan fingerprint density at radius 2 is 1.74 bits per heavy atom. The Balaban J connectivity index is 1.36. The average molecular weight is 474 g/mol. The topological polar surface area (TPSA) is 71.2 Å². The predicted octanol–water partition coefficient (Wildman–Crippen LogP) is 4.00. The molecule has 2 heterocycles. The molecule has 0 spiro atoms. The monoisotopic (exact) mass is 474 g/mol. The summed E-state index contributed by atoms with van der Waals surface area (Å²) in [5.41, 5.74) is 0.518. The number of hydrogen-bond acceptors (Lipinski definition) is 5. The summed E-state index contributed by atoms with van der Waals surface area (Å²) >= 11 is 0. The Morgan fingerprint density at radius 3 is 2.44 bits per heavy atom. The SMILES string of the molecule is Cn1cc(Cn2cc(F)c(OCCc3ccc(Oc4ccc(F)c(F)c4)c(F)c3)nc2=O)cn1. The van der Waals surface area contributed by atoms with Gasteiger partial charge in [0.05, 0.1) is 25.5 Å². The second-order valence-electron chi connectivity index (χ2n) is 7.37. The van der Waals surface area contributed by atoms with E-state index in [1.807, 2.05) is 0 Å². The van der Waals surface area contributed by atoms with Crippen molar-refractivity contribution in [3.8, 4) is 17.4 Å². The number of hydrogen-bond donors (Lipinski definition) is 0. The first-order valence-corrected chi connectivity index (χ1v) is 10.1. The smallest absolute Gasteiger partial charge is 0.351 e. The van der Waals surface area contributed by atoms with Crippen LogP contribution in [0.5, 0.6) is 17.4 Å². The van der Waals surface area contributed by atoms with E-state index in [0.717, 1.165) is 22.9 Å². The first-order valence-electron chi connectivity index (χ1n) is 10.1. The average Bonchev–Trinajstić information content (AvgIpc) is 3.20. The fourth-order valence-electron chi connectivity index (χ4n) is 3.13. The van der Waals surface area contributed by atoms with Crippen molar-refractivity contribution in [2.75, 3.05) is 6.61 Å². The van der Waals surface area contributed by atoms with E-state index in [9.17, 15) is 22.4 Å². The van der Waals surface area contributed by atoms with E-state index in [4.69, 9.17) is 9.47 Å². The summed E-state index contributed by atoms with van der Waals surface area (Å²) in [5, 5.41) is 3.99. The second kappa shape index (κ2) is 9.77. The molecular formula is C23H18F4N4O3. The molecule has 0 aliphatic rings. The number of halogens is 4. The number of nitrogens with zero attached hydrogens (tertiary/aromatic N) is 4. The van der Waals surface area contributed by atoms with Gasteiger partial charge in [0.25, 0.3) is 5.88 Å². The lowest BCUT2D eigenvalue weighted by Crippen LogP contribution is -2.24. The highest BCUT2D eigenvalue weighted by Crippen LogP contribution is 2.26. The van der Waals surface area contributed by atoms with Crippen LogP contribution in [0.15, 0.2) is 59.8 Å². The Hall–Kier alpha value is -4.15. The summed E-state index contributed by atoms with van der Waals surface area (Å²) in [6.45, 7) is 0.0356. The number of aromatic nitrogens is 4. The van der Waals surface area contributed by atoms with Crippen LogP contribution in [0, 0.1) is 23.3 Å². The number of benzene rings is 2. The summed E-state index contributed by atoms with van der Waals surface area (Å²) in [7, 11) is 1.72. The van der Waals surface area contributed by atoms with Crippen molar-refractivity contribution in [2.24, 2.45) is 7.05 Å². The Kier molecular flexibility index (Phi) is 6.62. The third kappa shape index (κ3) is 5.42. The number of ether oxygens (including phenoxy) is 2. The van der Waals surface area contributed by atoms with E-state index in [1.165, 1.54) is 24.3 Å². The van der Waals surface area contributed by atoms with Gasteiger partial charge in [-0.3, -0.25) is 9.25 Å². The Labute approximate surface area is 190 Å². The molecule has 0 radical (unpaired) electrons. The van der Waals surface area contributed by atoms with E-state index in [0.29, 0.717) is 11.1 Å². The molecule has 176 valence electrons. The van der Waals surface area contributed by atoms with E-state index in [2.05, 4.69) is 10.1 Å². The van der Waals surface area contributed by atoms with Gasteiger partial charge in [0.1, 0.15) is 5.75 Å². The molecule has 0 unspecified atom stereocenters. The highest BCUT2D eigenvalue weighted by atomic mass is 19.2. The normalized spacial score (nSPS) is 11.0. The summed E-state index contributed by atoms with van der Waals surface area (Å²) in [4.78, 5) is 15.8. The standard InChI is InChI=1S/C23H18F4N4O3/c1-30-11-15(10-28-30)12-31-13-20(27)22(29-23(31)32)33-7-6-14-2-5-21(19(26)8-14)34-16-3-4-17(24)18(25)9-16/h2-5,8-11,13H,6-7,12H2,1H3. The summed E-state index contributed by atoms with van der Waals surface area (Å²) < 4.78 is 68.2. The molecule has 0 aliphatic heterocycles. The van der Waals surface area contributed by atoms with Gasteiger partial charge < -0.3 is 9.47 Å². The van der Waals surface area contributed by atoms with Crippen LogP contribution in [0.1, 0.15) is 11.1 Å². The van der Waals surface area contributed by atoms with Gasteiger partial charge >= 0.3 is 5.69 Å². The molecule has 0 aliphatic carbocycles. The quantitative estimate of drug-likeness (QED) is 0.361. The maximum Gasteiger partial charge on any atom is 0.351 e. The third-order valence-electron chi connectivity index (χ3n) is 4.77.